The largest absolute Gasteiger partial charge is 1.00 e. The maximum Gasteiger partial charge on any atom is 0.169 e. The minimum atomic E-state index is 0. The van der Waals surface area contributed by atoms with Crippen LogP contribution in [0.3, 0.4) is 0 Å². The summed E-state index contributed by atoms with van der Waals surface area (Å²) in [6, 6.07) is 8.65. The van der Waals surface area contributed by atoms with Crippen molar-refractivity contribution in [2.45, 2.75) is 26.9 Å². The van der Waals surface area contributed by atoms with Crippen LogP contribution >= 0.6 is 0 Å². The number of hydrogen-bond donors (Lipinski definition) is 0. The summed E-state index contributed by atoms with van der Waals surface area (Å²) in [6.07, 6.45) is 8.48. The summed E-state index contributed by atoms with van der Waals surface area (Å²) in [5.41, 5.74) is 2.54. The van der Waals surface area contributed by atoms with Gasteiger partial charge in [-0.1, -0.05) is 0 Å². The van der Waals surface area contributed by atoms with E-state index in [9.17, 15) is 0 Å². The molecule has 0 bridgehead atoms. The molecule has 2 rings (SSSR count). The Morgan fingerprint density at radius 2 is 0.944 bits per heavy atom. The fourth-order valence-corrected chi connectivity index (χ4v) is 1.72. The second-order valence-corrected chi connectivity index (χ2v) is 3.83. The Morgan fingerprint density at radius 3 is 1.17 bits per heavy atom. The van der Waals surface area contributed by atoms with Crippen LogP contribution in [0.2, 0.25) is 0 Å². The SMILES string of the molecule is CC[n+]1ccc(-c2cc[n+](CC)cc2)cc1.[I-].[I-]. The van der Waals surface area contributed by atoms with Gasteiger partial charge in [0, 0.05) is 24.3 Å². The van der Waals surface area contributed by atoms with Crippen molar-refractivity contribution in [2.24, 2.45) is 0 Å². The van der Waals surface area contributed by atoms with Gasteiger partial charge < -0.3 is 48.0 Å². The zero-order chi connectivity index (χ0) is 11.4. The van der Waals surface area contributed by atoms with E-state index in [0.29, 0.717) is 0 Å². The molecular formula is C14H18I2N2. The molecule has 0 unspecified atom stereocenters. The number of halogens is 2. The second-order valence-electron chi connectivity index (χ2n) is 3.83. The lowest BCUT2D eigenvalue weighted by Gasteiger charge is -1.99. The fraction of sp³-hybridized carbons (Fsp3) is 0.286. The first-order chi connectivity index (χ1) is 7.83. The molecule has 2 aromatic heterocycles. The van der Waals surface area contributed by atoms with Crippen LogP contribution in [0.25, 0.3) is 11.1 Å². The predicted molar refractivity (Wildman–Crippen MR) is 63.6 cm³/mol. The summed E-state index contributed by atoms with van der Waals surface area (Å²) < 4.78 is 4.33. The molecule has 0 N–H and O–H groups in total. The highest BCUT2D eigenvalue weighted by Crippen LogP contribution is 2.15. The van der Waals surface area contributed by atoms with E-state index in [2.05, 4.69) is 72.0 Å². The van der Waals surface area contributed by atoms with Gasteiger partial charge in [0.05, 0.1) is 0 Å². The molecule has 18 heavy (non-hydrogen) atoms. The average molecular weight is 468 g/mol. The Labute approximate surface area is 143 Å². The summed E-state index contributed by atoms with van der Waals surface area (Å²) in [4.78, 5) is 0. The van der Waals surface area contributed by atoms with Crippen LogP contribution in [0.1, 0.15) is 13.8 Å². The van der Waals surface area contributed by atoms with E-state index < -0.39 is 0 Å². The van der Waals surface area contributed by atoms with E-state index in [4.69, 9.17) is 0 Å². The van der Waals surface area contributed by atoms with Gasteiger partial charge in [-0.3, -0.25) is 0 Å². The highest BCUT2D eigenvalue weighted by molar-refractivity contribution is 5.60. The molecular weight excluding hydrogens is 450 g/mol. The maximum absolute atomic E-state index is 2.17. The maximum atomic E-state index is 2.17. The van der Waals surface area contributed by atoms with Crippen LogP contribution in [0, 0.1) is 0 Å². The van der Waals surface area contributed by atoms with Crippen LogP contribution in [-0.2, 0) is 13.1 Å². The lowest BCUT2D eigenvalue weighted by Crippen LogP contribution is -3.00. The number of rotatable bonds is 3. The number of hydrogen-bond acceptors (Lipinski definition) is 0. The fourth-order valence-electron chi connectivity index (χ4n) is 1.72. The molecule has 98 valence electrons. The molecule has 0 spiro atoms. The molecule has 0 fully saturated rings. The first-order valence-corrected chi connectivity index (χ1v) is 5.82. The van der Waals surface area contributed by atoms with Crippen molar-refractivity contribution in [1.82, 2.24) is 0 Å². The molecule has 0 aliphatic carbocycles. The topological polar surface area (TPSA) is 7.76 Å². The van der Waals surface area contributed by atoms with Gasteiger partial charge in [0.1, 0.15) is 13.1 Å². The predicted octanol–water partition coefficient (Wildman–Crippen LogP) is -4.02. The highest BCUT2D eigenvalue weighted by Gasteiger charge is 2.03. The molecule has 0 atom stereocenters. The van der Waals surface area contributed by atoms with Crippen molar-refractivity contribution in [2.75, 3.05) is 0 Å². The van der Waals surface area contributed by atoms with Crippen LogP contribution in [0.5, 0.6) is 0 Å². The monoisotopic (exact) mass is 468 g/mol. The minimum absolute atomic E-state index is 0. The Hall–Kier alpha value is -0.240. The summed E-state index contributed by atoms with van der Waals surface area (Å²) in [7, 11) is 0. The smallest absolute Gasteiger partial charge is 0.169 e. The third-order valence-electron chi connectivity index (χ3n) is 2.85. The van der Waals surface area contributed by atoms with Crippen molar-refractivity contribution < 1.29 is 57.1 Å². The first kappa shape index (κ1) is 17.8. The molecule has 0 amide bonds. The van der Waals surface area contributed by atoms with Crippen molar-refractivity contribution in [3.8, 4) is 11.1 Å². The lowest BCUT2D eigenvalue weighted by atomic mass is 10.1. The number of aryl methyl sites for hydroxylation is 2. The Bertz CT molecular complexity index is 407. The van der Waals surface area contributed by atoms with Crippen LogP contribution in [-0.4, -0.2) is 0 Å². The van der Waals surface area contributed by atoms with Gasteiger partial charge in [-0.2, -0.15) is 0 Å². The van der Waals surface area contributed by atoms with Crippen LogP contribution < -0.4 is 57.1 Å². The third kappa shape index (κ3) is 4.46. The Balaban J connectivity index is 0.00000144. The molecule has 2 aromatic rings. The summed E-state index contributed by atoms with van der Waals surface area (Å²) in [6.45, 7) is 6.33. The second kappa shape index (κ2) is 8.79. The standard InChI is InChI=1S/C14H18N2.2HI/c1-3-15-9-5-13(6-10-15)14-7-11-16(4-2)12-8-14;;/h5-12H,3-4H2,1-2H3;2*1H/q+2;;/p-2. The van der Waals surface area contributed by atoms with E-state index in [0.717, 1.165) is 13.1 Å². The minimum Gasteiger partial charge on any atom is -1.00 e. The van der Waals surface area contributed by atoms with E-state index in [1.165, 1.54) is 11.1 Å². The lowest BCUT2D eigenvalue weighted by molar-refractivity contribution is -0.693. The molecule has 0 saturated heterocycles. The zero-order valence-corrected chi connectivity index (χ0v) is 15.0. The third-order valence-corrected chi connectivity index (χ3v) is 2.85. The molecule has 2 nitrogen and oxygen atoms in total. The molecule has 0 radical (unpaired) electrons. The molecule has 2 heterocycles. The molecule has 0 saturated carbocycles. The van der Waals surface area contributed by atoms with Gasteiger partial charge >= 0.3 is 0 Å². The van der Waals surface area contributed by atoms with Gasteiger partial charge in [0.15, 0.2) is 24.8 Å². The summed E-state index contributed by atoms with van der Waals surface area (Å²) in [5.74, 6) is 0. The van der Waals surface area contributed by atoms with Gasteiger partial charge in [-0.25, -0.2) is 9.13 Å². The van der Waals surface area contributed by atoms with Crippen molar-refractivity contribution >= 4 is 0 Å². The van der Waals surface area contributed by atoms with Gasteiger partial charge in [0.25, 0.3) is 0 Å². The van der Waals surface area contributed by atoms with E-state index >= 15 is 0 Å². The van der Waals surface area contributed by atoms with Gasteiger partial charge in [-0.15, -0.1) is 0 Å². The Kier molecular flexibility index (Phi) is 8.67. The normalized spacial score (nSPS) is 9.22. The molecule has 4 heteroatoms. The van der Waals surface area contributed by atoms with Crippen molar-refractivity contribution in [1.29, 1.82) is 0 Å². The van der Waals surface area contributed by atoms with Gasteiger partial charge in [-0.05, 0) is 25.0 Å². The number of aromatic nitrogens is 2. The van der Waals surface area contributed by atoms with E-state index in [1.54, 1.807) is 0 Å². The summed E-state index contributed by atoms with van der Waals surface area (Å²) >= 11 is 0. The zero-order valence-electron chi connectivity index (χ0n) is 10.7. The number of pyridine rings is 2. The van der Waals surface area contributed by atoms with Crippen LogP contribution in [0.15, 0.2) is 49.1 Å². The van der Waals surface area contributed by atoms with E-state index in [1.807, 2.05) is 0 Å². The van der Waals surface area contributed by atoms with Gasteiger partial charge in [0.2, 0.25) is 0 Å². The van der Waals surface area contributed by atoms with Crippen LogP contribution in [0.4, 0.5) is 0 Å². The molecule has 0 aliphatic heterocycles. The number of nitrogens with zero attached hydrogens (tertiary/aromatic N) is 2. The Morgan fingerprint density at radius 1 is 0.667 bits per heavy atom. The molecule has 0 aromatic carbocycles. The quantitative estimate of drug-likeness (QED) is 0.321. The van der Waals surface area contributed by atoms with E-state index in [-0.39, 0.29) is 48.0 Å². The van der Waals surface area contributed by atoms with Crippen molar-refractivity contribution in [3.05, 3.63) is 49.1 Å². The first-order valence-electron chi connectivity index (χ1n) is 5.82. The summed E-state index contributed by atoms with van der Waals surface area (Å²) in [5, 5.41) is 0. The van der Waals surface area contributed by atoms with Crippen molar-refractivity contribution in [3.63, 3.8) is 0 Å². The molecule has 0 aliphatic rings. The highest BCUT2D eigenvalue weighted by atomic mass is 127. The average Bonchev–Trinajstić information content (AvgIpc) is 2.39.